The lowest BCUT2D eigenvalue weighted by molar-refractivity contribution is -0.137. The average molecular weight is 388 g/mol. The van der Waals surface area contributed by atoms with Gasteiger partial charge in [-0.1, -0.05) is 11.6 Å². The summed E-state index contributed by atoms with van der Waals surface area (Å²) in [5, 5.41) is 13.6. The molecular weight excluding hydrogens is 379 g/mol. The van der Waals surface area contributed by atoms with Gasteiger partial charge >= 0.3 is 6.18 Å². The van der Waals surface area contributed by atoms with Crippen LogP contribution in [0.3, 0.4) is 0 Å². The van der Waals surface area contributed by atoms with Gasteiger partial charge in [0.05, 0.1) is 28.0 Å². The van der Waals surface area contributed by atoms with Gasteiger partial charge in [-0.2, -0.15) is 23.5 Å². The highest BCUT2D eigenvalue weighted by Gasteiger charge is 2.31. The van der Waals surface area contributed by atoms with Gasteiger partial charge in [0.25, 0.3) is 0 Å². The van der Waals surface area contributed by atoms with Crippen LogP contribution in [0.5, 0.6) is 0 Å². The Morgan fingerprint density at radius 1 is 1.19 bits per heavy atom. The maximum absolute atomic E-state index is 13.1. The molecule has 0 saturated carbocycles. The number of nitrogens with zero attached hydrogens (tertiary/aromatic N) is 4. The fourth-order valence-electron chi connectivity index (χ4n) is 2.85. The molecule has 3 heterocycles. The van der Waals surface area contributed by atoms with E-state index < -0.39 is 11.7 Å². The summed E-state index contributed by atoms with van der Waals surface area (Å²) in [5.41, 5.74) is 1.28. The van der Waals surface area contributed by atoms with Gasteiger partial charge in [0.2, 0.25) is 0 Å². The molecule has 0 aliphatic heterocycles. The van der Waals surface area contributed by atoms with Crippen molar-refractivity contribution < 1.29 is 13.2 Å². The van der Waals surface area contributed by atoms with Crippen molar-refractivity contribution in [2.45, 2.75) is 6.18 Å². The van der Waals surface area contributed by atoms with Crippen molar-refractivity contribution in [1.29, 1.82) is 5.26 Å². The van der Waals surface area contributed by atoms with E-state index in [0.717, 1.165) is 18.2 Å². The lowest BCUT2D eigenvalue weighted by Crippen LogP contribution is -2.05. The number of nitrogens with one attached hydrogen (secondary N) is 1. The van der Waals surface area contributed by atoms with E-state index >= 15 is 0 Å². The highest BCUT2D eigenvalue weighted by Crippen LogP contribution is 2.38. The van der Waals surface area contributed by atoms with Gasteiger partial charge in [-0.25, -0.2) is 9.50 Å². The third-order valence-corrected chi connectivity index (χ3v) is 4.42. The fraction of sp³-hybridized carbons (Fsp3) is 0.0556. The molecule has 0 fully saturated rings. The van der Waals surface area contributed by atoms with Crippen LogP contribution in [0.4, 0.5) is 13.2 Å². The van der Waals surface area contributed by atoms with E-state index in [2.05, 4.69) is 15.1 Å². The third kappa shape index (κ3) is 2.92. The van der Waals surface area contributed by atoms with E-state index in [1.54, 1.807) is 22.8 Å². The number of H-pyrrole nitrogens is 1. The number of alkyl halides is 3. The largest absolute Gasteiger partial charge is 0.416 e. The lowest BCUT2D eigenvalue weighted by atomic mass is 10.1. The molecule has 1 N–H and O–H groups in total. The van der Waals surface area contributed by atoms with Gasteiger partial charge < -0.3 is 4.98 Å². The Balaban J connectivity index is 1.92. The average Bonchev–Trinajstić information content (AvgIpc) is 3.27. The van der Waals surface area contributed by atoms with Gasteiger partial charge in [0, 0.05) is 16.8 Å². The first-order valence-electron chi connectivity index (χ1n) is 7.67. The summed E-state index contributed by atoms with van der Waals surface area (Å²) < 4.78 is 40.8. The Labute approximate surface area is 155 Å². The van der Waals surface area contributed by atoms with E-state index in [-0.39, 0.29) is 21.8 Å². The van der Waals surface area contributed by atoms with Gasteiger partial charge in [-0.15, -0.1) is 0 Å². The van der Waals surface area contributed by atoms with E-state index in [1.165, 1.54) is 12.4 Å². The summed E-state index contributed by atoms with van der Waals surface area (Å²) >= 11 is 6.12. The van der Waals surface area contributed by atoms with Crippen LogP contribution in [0, 0.1) is 11.3 Å². The predicted molar refractivity (Wildman–Crippen MR) is 92.9 cm³/mol. The second-order valence-corrected chi connectivity index (χ2v) is 6.13. The topological polar surface area (TPSA) is 69.8 Å². The van der Waals surface area contributed by atoms with E-state index in [4.69, 9.17) is 11.6 Å². The minimum Gasteiger partial charge on any atom is -0.352 e. The summed E-state index contributed by atoms with van der Waals surface area (Å²) in [6.45, 7) is 0. The van der Waals surface area contributed by atoms with Crippen molar-refractivity contribution in [3.8, 4) is 28.7 Å². The van der Waals surface area contributed by atoms with Crippen molar-refractivity contribution in [3.63, 3.8) is 0 Å². The molecule has 0 spiro atoms. The molecule has 0 unspecified atom stereocenters. The van der Waals surface area contributed by atoms with Gasteiger partial charge in [-0.05, 0) is 36.4 Å². The number of aromatic nitrogens is 4. The van der Waals surface area contributed by atoms with Crippen LogP contribution in [0.15, 0.2) is 48.9 Å². The van der Waals surface area contributed by atoms with Crippen molar-refractivity contribution in [2.75, 3.05) is 0 Å². The third-order valence-electron chi connectivity index (χ3n) is 4.09. The van der Waals surface area contributed by atoms with Crippen LogP contribution in [-0.2, 0) is 6.18 Å². The van der Waals surface area contributed by atoms with Crippen molar-refractivity contribution in [1.82, 2.24) is 19.6 Å². The number of fused-ring (bicyclic) bond motifs is 1. The SMILES string of the molecule is N#Cc1cc(-c2ncnn3cccc23)[nH]c1-c1cc(C(F)(F)F)ccc1Cl. The van der Waals surface area contributed by atoms with E-state index in [1.807, 2.05) is 6.07 Å². The highest BCUT2D eigenvalue weighted by molar-refractivity contribution is 6.33. The Bertz CT molecular complexity index is 1200. The van der Waals surface area contributed by atoms with E-state index in [9.17, 15) is 18.4 Å². The molecule has 27 heavy (non-hydrogen) atoms. The summed E-state index contributed by atoms with van der Waals surface area (Å²) in [4.78, 5) is 7.21. The van der Waals surface area contributed by atoms with Crippen LogP contribution in [0.25, 0.3) is 28.2 Å². The minimum absolute atomic E-state index is 0.0924. The molecule has 3 aromatic heterocycles. The molecular formula is C18H9ClF3N5. The first-order valence-corrected chi connectivity index (χ1v) is 8.05. The Morgan fingerprint density at radius 3 is 2.74 bits per heavy atom. The second kappa shape index (κ2) is 6.14. The number of aromatic amines is 1. The summed E-state index contributed by atoms with van der Waals surface area (Å²) in [5.74, 6) is 0. The molecule has 0 aliphatic carbocycles. The molecule has 5 nitrogen and oxygen atoms in total. The molecule has 0 amide bonds. The first-order chi connectivity index (χ1) is 12.9. The van der Waals surface area contributed by atoms with E-state index in [0.29, 0.717) is 16.9 Å². The monoisotopic (exact) mass is 387 g/mol. The predicted octanol–water partition coefficient (Wildman–Crippen LogP) is 4.94. The van der Waals surface area contributed by atoms with Crippen molar-refractivity contribution in [2.24, 2.45) is 0 Å². The lowest BCUT2D eigenvalue weighted by Gasteiger charge is -2.10. The number of benzene rings is 1. The number of hydrogen-bond donors (Lipinski definition) is 1. The highest BCUT2D eigenvalue weighted by atomic mass is 35.5. The molecule has 9 heteroatoms. The summed E-state index contributed by atoms with van der Waals surface area (Å²) in [7, 11) is 0. The molecule has 0 atom stereocenters. The quantitative estimate of drug-likeness (QED) is 0.530. The molecule has 0 saturated heterocycles. The number of hydrogen-bond acceptors (Lipinski definition) is 3. The minimum atomic E-state index is -4.52. The molecule has 134 valence electrons. The molecule has 0 bridgehead atoms. The standard InChI is InChI=1S/C18H9ClF3N5/c19-13-4-3-11(18(20,21)22)7-12(13)16-10(8-23)6-14(26-16)17-15-2-1-5-27(15)25-9-24-17/h1-7,9,26H. The number of rotatable bonds is 2. The maximum Gasteiger partial charge on any atom is 0.416 e. The van der Waals surface area contributed by atoms with Crippen molar-refractivity contribution >= 4 is 17.1 Å². The van der Waals surface area contributed by atoms with Crippen LogP contribution < -0.4 is 0 Å². The zero-order valence-corrected chi connectivity index (χ0v) is 14.2. The van der Waals surface area contributed by atoms with Crippen LogP contribution in [-0.4, -0.2) is 19.6 Å². The normalized spacial score (nSPS) is 11.7. The Hall–Kier alpha value is -3.31. The van der Waals surface area contributed by atoms with Crippen LogP contribution >= 0.6 is 11.6 Å². The first kappa shape index (κ1) is 17.1. The fourth-order valence-corrected chi connectivity index (χ4v) is 3.06. The molecule has 1 aromatic carbocycles. The molecule has 4 rings (SSSR count). The van der Waals surface area contributed by atoms with Gasteiger partial charge in [-0.3, -0.25) is 0 Å². The smallest absolute Gasteiger partial charge is 0.352 e. The molecule has 0 radical (unpaired) electrons. The summed E-state index contributed by atoms with van der Waals surface area (Å²) in [6, 6.07) is 10.1. The maximum atomic E-state index is 13.1. The van der Waals surface area contributed by atoms with Crippen LogP contribution in [0.2, 0.25) is 5.02 Å². The zero-order chi connectivity index (χ0) is 19.2. The Kier molecular flexibility index (Phi) is 3.89. The van der Waals surface area contributed by atoms with Crippen molar-refractivity contribution in [3.05, 3.63) is 65.1 Å². The second-order valence-electron chi connectivity index (χ2n) is 5.72. The van der Waals surface area contributed by atoms with Gasteiger partial charge in [0.15, 0.2) is 0 Å². The Morgan fingerprint density at radius 2 is 2.00 bits per heavy atom. The zero-order valence-electron chi connectivity index (χ0n) is 13.4. The summed E-state index contributed by atoms with van der Waals surface area (Å²) in [6.07, 6.45) is -1.43. The van der Waals surface area contributed by atoms with Crippen LogP contribution in [0.1, 0.15) is 11.1 Å². The number of nitriles is 1. The molecule has 4 aromatic rings. The molecule has 0 aliphatic rings. The number of halogens is 4. The van der Waals surface area contributed by atoms with Gasteiger partial charge in [0.1, 0.15) is 18.1 Å².